The first kappa shape index (κ1) is 17.2. The van der Waals surface area contributed by atoms with Gasteiger partial charge in [0, 0.05) is 19.3 Å². The molecule has 1 atom stereocenters. The van der Waals surface area contributed by atoms with E-state index < -0.39 is 0 Å². The highest BCUT2D eigenvalue weighted by Gasteiger charge is 2.29. The molecule has 2 heterocycles. The number of carbonyl (C=O) groups is 1. The summed E-state index contributed by atoms with van der Waals surface area (Å²) in [4.78, 5) is 15.1. The van der Waals surface area contributed by atoms with Crippen molar-refractivity contribution >= 4 is 5.91 Å². The molecule has 1 aromatic rings. The molecule has 1 aromatic heterocycles. The Morgan fingerprint density at radius 1 is 1.29 bits per heavy atom. The second-order valence-electron chi connectivity index (χ2n) is 6.70. The zero-order chi connectivity index (χ0) is 17.1. The normalized spacial score (nSPS) is 21.4. The molecule has 1 aliphatic carbocycles. The highest BCUT2D eigenvalue weighted by atomic mass is 16.7. The summed E-state index contributed by atoms with van der Waals surface area (Å²) in [7, 11) is 1.87. The summed E-state index contributed by atoms with van der Waals surface area (Å²) in [5.74, 6) is 0.532. The number of aromatic nitrogens is 2. The zero-order valence-corrected chi connectivity index (χ0v) is 14.8. The molecule has 0 saturated carbocycles. The largest absolute Gasteiger partial charge is 0.348 e. The summed E-state index contributed by atoms with van der Waals surface area (Å²) in [5, 5.41) is 4.39. The van der Waals surface area contributed by atoms with Crippen LogP contribution in [0.4, 0.5) is 0 Å². The molecule has 2 aliphatic rings. The van der Waals surface area contributed by atoms with Crippen molar-refractivity contribution in [3.63, 3.8) is 0 Å². The van der Waals surface area contributed by atoms with Gasteiger partial charge < -0.3 is 14.4 Å². The molecule has 3 rings (SSSR count). The van der Waals surface area contributed by atoms with Gasteiger partial charge in [-0.15, -0.1) is 0 Å². The number of ether oxygens (including phenoxy) is 2. The van der Waals surface area contributed by atoms with E-state index in [1.807, 2.05) is 25.8 Å². The van der Waals surface area contributed by atoms with Crippen LogP contribution in [0.2, 0.25) is 0 Å². The fourth-order valence-corrected chi connectivity index (χ4v) is 3.51. The number of rotatable bonds is 5. The van der Waals surface area contributed by atoms with Crippen molar-refractivity contribution in [1.82, 2.24) is 14.7 Å². The van der Waals surface area contributed by atoms with Crippen molar-refractivity contribution in [2.45, 2.75) is 39.4 Å². The Balaban J connectivity index is 1.79. The van der Waals surface area contributed by atoms with E-state index >= 15 is 0 Å². The maximum Gasteiger partial charge on any atom is 0.257 e. The lowest BCUT2D eigenvalue weighted by atomic mass is 9.93. The van der Waals surface area contributed by atoms with Crippen molar-refractivity contribution in [1.29, 1.82) is 0 Å². The van der Waals surface area contributed by atoms with Crippen LogP contribution in [-0.4, -0.2) is 53.2 Å². The van der Waals surface area contributed by atoms with E-state index in [0.29, 0.717) is 31.2 Å². The molecule has 6 heteroatoms. The minimum atomic E-state index is -0.314. The quantitative estimate of drug-likeness (QED) is 0.775. The Morgan fingerprint density at radius 3 is 2.62 bits per heavy atom. The second kappa shape index (κ2) is 7.49. The van der Waals surface area contributed by atoms with Crippen LogP contribution in [0.5, 0.6) is 0 Å². The first-order valence-corrected chi connectivity index (χ1v) is 8.74. The summed E-state index contributed by atoms with van der Waals surface area (Å²) in [6.07, 6.45) is 7.37. The topological polar surface area (TPSA) is 56.6 Å². The van der Waals surface area contributed by atoms with Crippen LogP contribution in [0.25, 0.3) is 0 Å². The fraction of sp³-hybridized carbons (Fsp3) is 0.667. The van der Waals surface area contributed by atoms with E-state index in [-0.39, 0.29) is 12.2 Å². The molecule has 6 nitrogen and oxygen atoms in total. The van der Waals surface area contributed by atoms with Crippen LogP contribution >= 0.6 is 0 Å². The number of allylic oxidation sites excluding steroid dienone is 2. The van der Waals surface area contributed by atoms with E-state index in [0.717, 1.165) is 37.2 Å². The molecular weight excluding hydrogens is 306 g/mol. The smallest absolute Gasteiger partial charge is 0.257 e. The molecule has 0 aromatic carbocycles. The van der Waals surface area contributed by atoms with Gasteiger partial charge in [-0.05, 0) is 39.0 Å². The minimum Gasteiger partial charge on any atom is -0.348 e. The van der Waals surface area contributed by atoms with Crippen LogP contribution in [0, 0.1) is 19.8 Å². The van der Waals surface area contributed by atoms with Gasteiger partial charge in [0.1, 0.15) is 0 Å². The number of carbonyl (C=O) groups excluding carboxylic acids is 1. The number of hydrogen-bond donors (Lipinski definition) is 0. The number of aryl methyl sites for hydroxylation is 2. The Bertz CT molecular complexity index is 617. The van der Waals surface area contributed by atoms with E-state index in [1.165, 1.54) is 0 Å². The average Bonchev–Trinajstić information content (AvgIpc) is 3.16. The summed E-state index contributed by atoms with van der Waals surface area (Å²) >= 11 is 0. The third kappa shape index (κ3) is 3.70. The summed E-state index contributed by atoms with van der Waals surface area (Å²) in [6.45, 7) is 6.25. The molecule has 1 saturated heterocycles. The predicted octanol–water partition coefficient (Wildman–Crippen LogP) is 2.21. The molecule has 0 spiro atoms. The van der Waals surface area contributed by atoms with E-state index in [2.05, 4.69) is 17.3 Å². The first-order chi connectivity index (χ1) is 11.6. The van der Waals surface area contributed by atoms with E-state index in [4.69, 9.17) is 9.47 Å². The average molecular weight is 333 g/mol. The van der Waals surface area contributed by atoms with E-state index in [1.54, 1.807) is 4.68 Å². The fourth-order valence-electron chi connectivity index (χ4n) is 3.51. The SMILES string of the molecule is Cc1nn(C)c(C)c1C(=O)N(CC1CC=CCC1)CC1OCCO1. The monoisotopic (exact) mass is 333 g/mol. The van der Waals surface area contributed by atoms with Gasteiger partial charge in [-0.3, -0.25) is 9.48 Å². The lowest BCUT2D eigenvalue weighted by molar-refractivity contribution is -0.0590. The van der Waals surface area contributed by atoms with Crippen LogP contribution < -0.4 is 0 Å². The Morgan fingerprint density at radius 2 is 2.04 bits per heavy atom. The number of hydrogen-bond acceptors (Lipinski definition) is 4. The van der Waals surface area contributed by atoms with Crippen molar-refractivity contribution in [3.8, 4) is 0 Å². The first-order valence-electron chi connectivity index (χ1n) is 8.74. The van der Waals surface area contributed by atoms with Crippen molar-refractivity contribution in [2.24, 2.45) is 13.0 Å². The van der Waals surface area contributed by atoms with Gasteiger partial charge in [-0.25, -0.2) is 0 Å². The molecule has 132 valence electrons. The molecule has 0 bridgehead atoms. The third-order valence-corrected chi connectivity index (χ3v) is 4.93. The molecule has 0 radical (unpaired) electrons. The second-order valence-corrected chi connectivity index (χ2v) is 6.70. The van der Waals surface area contributed by atoms with Gasteiger partial charge in [0.2, 0.25) is 0 Å². The molecule has 1 aliphatic heterocycles. The van der Waals surface area contributed by atoms with Crippen molar-refractivity contribution in [2.75, 3.05) is 26.3 Å². The third-order valence-electron chi connectivity index (χ3n) is 4.93. The molecule has 0 N–H and O–H groups in total. The Labute approximate surface area is 143 Å². The van der Waals surface area contributed by atoms with Gasteiger partial charge in [0.05, 0.1) is 31.0 Å². The molecule has 1 unspecified atom stereocenters. The number of nitrogens with zero attached hydrogens (tertiary/aromatic N) is 3. The van der Waals surface area contributed by atoms with Crippen molar-refractivity contribution in [3.05, 3.63) is 29.1 Å². The summed E-state index contributed by atoms with van der Waals surface area (Å²) < 4.78 is 12.9. The zero-order valence-electron chi connectivity index (χ0n) is 14.8. The lowest BCUT2D eigenvalue weighted by Crippen LogP contribution is -2.41. The van der Waals surface area contributed by atoms with E-state index in [9.17, 15) is 4.79 Å². The minimum absolute atomic E-state index is 0.0340. The maximum absolute atomic E-state index is 13.2. The highest BCUT2D eigenvalue weighted by Crippen LogP contribution is 2.23. The van der Waals surface area contributed by atoms with Crippen LogP contribution in [-0.2, 0) is 16.5 Å². The van der Waals surface area contributed by atoms with Crippen LogP contribution in [0.3, 0.4) is 0 Å². The Hall–Kier alpha value is -1.66. The standard InChI is InChI=1S/C18H27N3O3/c1-13-17(14(2)20(3)19-13)18(22)21(12-16-23-9-10-24-16)11-15-7-5-4-6-8-15/h4-5,15-16H,6-12H2,1-3H3. The summed E-state index contributed by atoms with van der Waals surface area (Å²) in [6, 6.07) is 0. The molecular formula is C18H27N3O3. The van der Waals surface area contributed by atoms with Gasteiger partial charge in [-0.1, -0.05) is 12.2 Å². The van der Waals surface area contributed by atoms with Crippen LogP contribution in [0.1, 0.15) is 41.0 Å². The van der Waals surface area contributed by atoms with Gasteiger partial charge in [-0.2, -0.15) is 5.10 Å². The molecule has 1 fully saturated rings. The van der Waals surface area contributed by atoms with Gasteiger partial charge in [0.25, 0.3) is 5.91 Å². The predicted molar refractivity (Wildman–Crippen MR) is 90.8 cm³/mol. The summed E-state index contributed by atoms with van der Waals surface area (Å²) in [5.41, 5.74) is 2.39. The van der Waals surface area contributed by atoms with Crippen LogP contribution in [0.15, 0.2) is 12.2 Å². The van der Waals surface area contributed by atoms with Gasteiger partial charge in [0.15, 0.2) is 6.29 Å². The highest BCUT2D eigenvalue weighted by molar-refractivity contribution is 5.96. The number of amides is 1. The van der Waals surface area contributed by atoms with Crippen molar-refractivity contribution < 1.29 is 14.3 Å². The lowest BCUT2D eigenvalue weighted by Gasteiger charge is -2.30. The maximum atomic E-state index is 13.2. The van der Waals surface area contributed by atoms with Gasteiger partial charge >= 0.3 is 0 Å². The Kier molecular flexibility index (Phi) is 5.36. The molecule has 24 heavy (non-hydrogen) atoms. The molecule has 1 amide bonds.